The van der Waals surface area contributed by atoms with E-state index in [-0.39, 0.29) is 5.75 Å². The average molecular weight is 332 g/mol. The Morgan fingerprint density at radius 3 is 2.78 bits per heavy atom. The predicted molar refractivity (Wildman–Crippen MR) is 79.3 cm³/mol. The Morgan fingerprint density at radius 1 is 1.28 bits per heavy atom. The van der Waals surface area contributed by atoms with Gasteiger partial charge in [-0.3, -0.25) is 0 Å². The molecule has 1 aromatic rings. The Kier molecular flexibility index (Phi) is 4.33. The quantitative estimate of drug-likeness (QED) is 0.781. The van der Waals surface area contributed by atoms with E-state index < -0.39 is 9.84 Å². The average Bonchev–Trinajstić information content (AvgIpc) is 2.50. The van der Waals surface area contributed by atoms with E-state index in [1.165, 1.54) is 11.1 Å². The number of hydrogen-bond acceptors (Lipinski definition) is 3. The van der Waals surface area contributed by atoms with E-state index >= 15 is 0 Å². The van der Waals surface area contributed by atoms with Crippen LogP contribution in [0.1, 0.15) is 17.5 Å². The van der Waals surface area contributed by atoms with Crippen LogP contribution in [0.15, 0.2) is 18.2 Å². The lowest BCUT2D eigenvalue weighted by molar-refractivity contribution is 0.597. The summed E-state index contributed by atoms with van der Waals surface area (Å²) < 4.78 is 23.2. The van der Waals surface area contributed by atoms with Crippen LogP contribution in [0, 0.1) is 6.92 Å². The summed E-state index contributed by atoms with van der Waals surface area (Å²) in [5.41, 5.74) is 3.62. The van der Waals surface area contributed by atoms with Crippen LogP contribution >= 0.6 is 15.9 Å². The number of sulfone groups is 1. The Hall–Kier alpha value is -0.550. The Labute approximate surface area is 117 Å². The molecule has 18 heavy (non-hydrogen) atoms. The molecule has 5 heteroatoms. The first-order valence-electron chi connectivity index (χ1n) is 6.13. The van der Waals surface area contributed by atoms with Gasteiger partial charge >= 0.3 is 0 Å². The van der Waals surface area contributed by atoms with Crippen molar-refractivity contribution in [2.45, 2.75) is 18.7 Å². The number of alkyl halides is 1. The second-order valence-corrected chi connectivity index (χ2v) is 7.62. The van der Waals surface area contributed by atoms with Crippen LogP contribution in [0.25, 0.3) is 0 Å². The molecule has 0 bridgehead atoms. The predicted octanol–water partition coefficient (Wildman–Crippen LogP) is 2.51. The Bertz CT molecular complexity index is 528. The van der Waals surface area contributed by atoms with Gasteiger partial charge in [0.2, 0.25) is 0 Å². The van der Waals surface area contributed by atoms with E-state index in [4.69, 9.17) is 0 Å². The van der Waals surface area contributed by atoms with E-state index in [1.807, 2.05) is 0 Å². The molecule has 1 fully saturated rings. The highest BCUT2D eigenvalue weighted by Crippen LogP contribution is 2.25. The third-order valence-corrected chi connectivity index (χ3v) is 5.59. The van der Waals surface area contributed by atoms with Crippen LogP contribution < -0.4 is 4.90 Å². The van der Waals surface area contributed by atoms with Crippen LogP contribution in [0.5, 0.6) is 0 Å². The van der Waals surface area contributed by atoms with Gasteiger partial charge in [0.25, 0.3) is 0 Å². The first kappa shape index (κ1) is 13.9. The number of nitrogens with zero attached hydrogens (tertiary/aromatic N) is 1. The molecule has 1 saturated heterocycles. The molecule has 100 valence electrons. The minimum Gasteiger partial charge on any atom is -0.370 e. The van der Waals surface area contributed by atoms with Crippen molar-refractivity contribution < 1.29 is 8.42 Å². The zero-order valence-corrected chi connectivity index (χ0v) is 12.9. The fourth-order valence-electron chi connectivity index (χ4n) is 2.31. The molecule has 1 aromatic carbocycles. The van der Waals surface area contributed by atoms with E-state index in [1.54, 1.807) is 0 Å². The van der Waals surface area contributed by atoms with Crippen LogP contribution in [0.3, 0.4) is 0 Å². The summed E-state index contributed by atoms with van der Waals surface area (Å²) in [6.07, 6.45) is 0.720. The van der Waals surface area contributed by atoms with E-state index in [0.717, 1.165) is 24.0 Å². The molecule has 3 nitrogen and oxygen atoms in total. The van der Waals surface area contributed by atoms with Gasteiger partial charge in [-0.25, -0.2) is 8.42 Å². The van der Waals surface area contributed by atoms with Gasteiger partial charge in [0, 0.05) is 24.1 Å². The maximum absolute atomic E-state index is 11.6. The molecular weight excluding hydrogens is 314 g/mol. The summed E-state index contributed by atoms with van der Waals surface area (Å²) in [4.78, 5) is 2.20. The van der Waals surface area contributed by atoms with Gasteiger partial charge in [-0.2, -0.15) is 0 Å². The third kappa shape index (κ3) is 3.26. The van der Waals surface area contributed by atoms with Gasteiger partial charge in [-0.05, 0) is 25.0 Å². The van der Waals surface area contributed by atoms with Gasteiger partial charge in [-0.1, -0.05) is 33.6 Å². The number of rotatable bonds is 2. The van der Waals surface area contributed by atoms with Crippen molar-refractivity contribution in [2.24, 2.45) is 0 Å². The van der Waals surface area contributed by atoms with Crippen molar-refractivity contribution in [1.82, 2.24) is 0 Å². The molecule has 1 aliphatic rings. The minimum atomic E-state index is -2.84. The normalized spacial score (nSPS) is 19.6. The lowest BCUT2D eigenvalue weighted by Crippen LogP contribution is -2.27. The molecule has 1 heterocycles. The fourth-order valence-corrected chi connectivity index (χ4v) is 4.03. The highest BCUT2D eigenvalue weighted by molar-refractivity contribution is 9.08. The molecule has 0 spiro atoms. The van der Waals surface area contributed by atoms with Crippen LogP contribution in [-0.4, -0.2) is 33.0 Å². The SMILES string of the molecule is Cc1ccc(N2CCCS(=O)(=O)CC2)c(CBr)c1. The summed E-state index contributed by atoms with van der Waals surface area (Å²) in [7, 11) is -2.84. The standard InChI is InChI=1S/C13H18BrNO2S/c1-11-3-4-13(12(9-11)10-14)15-5-2-7-18(16,17)8-6-15/h3-4,9H,2,5-8,10H2,1H3. The van der Waals surface area contributed by atoms with Crippen molar-refractivity contribution >= 4 is 31.5 Å². The van der Waals surface area contributed by atoms with Crippen molar-refractivity contribution in [3.05, 3.63) is 29.3 Å². The van der Waals surface area contributed by atoms with E-state index in [0.29, 0.717) is 12.3 Å². The second kappa shape index (κ2) is 5.61. The molecule has 0 radical (unpaired) electrons. The highest BCUT2D eigenvalue weighted by atomic mass is 79.9. The Morgan fingerprint density at radius 2 is 2.06 bits per heavy atom. The largest absolute Gasteiger partial charge is 0.370 e. The van der Waals surface area contributed by atoms with Gasteiger partial charge in [-0.15, -0.1) is 0 Å². The number of hydrogen-bond donors (Lipinski definition) is 0. The van der Waals surface area contributed by atoms with E-state index in [2.05, 4.69) is 46.0 Å². The summed E-state index contributed by atoms with van der Waals surface area (Å²) in [5.74, 6) is 0.585. The van der Waals surface area contributed by atoms with Crippen LogP contribution in [0.2, 0.25) is 0 Å². The van der Waals surface area contributed by atoms with Crippen LogP contribution in [0.4, 0.5) is 5.69 Å². The van der Waals surface area contributed by atoms with Crippen molar-refractivity contribution in [1.29, 1.82) is 0 Å². The van der Waals surface area contributed by atoms with Crippen molar-refractivity contribution in [3.63, 3.8) is 0 Å². The van der Waals surface area contributed by atoms with E-state index in [9.17, 15) is 8.42 Å². The Balaban J connectivity index is 2.26. The summed E-state index contributed by atoms with van der Waals surface area (Å²) in [6, 6.07) is 6.34. The number of aryl methyl sites for hydroxylation is 1. The molecule has 0 saturated carbocycles. The molecule has 0 atom stereocenters. The number of anilines is 1. The summed E-state index contributed by atoms with van der Waals surface area (Å²) in [6.45, 7) is 3.50. The molecule has 0 aliphatic carbocycles. The zero-order valence-electron chi connectivity index (χ0n) is 10.5. The maximum atomic E-state index is 11.6. The molecule has 0 aromatic heterocycles. The highest BCUT2D eigenvalue weighted by Gasteiger charge is 2.20. The fraction of sp³-hybridized carbons (Fsp3) is 0.538. The molecule has 0 unspecified atom stereocenters. The summed E-state index contributed by atoms with van der Waals surface area (Å²) >= 11 is 3.51. The second-order valence-electron chi connectivity index (χ2n) is 4.76. The molecular formula is C13H18BrNO2S. The maximum Gasteiger partial charge on any atom is 0.152 e. The monoisotopic (exact) mass is 331 g/mol. The van der Waals surface area contributed by atoms with Crippen LogP contribution in [-0.2, 0) is 15.2 Å². The van der Waals surface area contributed by atoms with Gasteiger partial charge in [0.05, 0.1) is 11.5 Å². The minimum absolute atomic E-state index is 0.266. The first-order chi connectivity index (χ1) is 8.52. The van der Waals surface area contributed by atoms with Crippen molar-refractivity contribution in [2.75, 3.05) is 29.5 Å². The molecule has 0 N–H and O–H groups in total. The third-order valence-electron chi connectivity index (χ3n) is 3.28. The lowest BCUT2D eigenvalue weighted by Gasteiger charge is -2.24. The smallest absolute Gasteiger partial charge is 0.152 e. The molecule has 0 amide bonds. The van der Waals surface area contributed by atoms with Gasteiger partial charge < -0.3 is 4.90 Å². The zero-order chi connectivity index (χ0) is 13.2. The topological polar surface area (TPSA) is 37.4 Å². The van der Waals surface area contributed by atoms with Gasteiger partial charge in [0.1, 0.15) is 0 Å². The molecule has 1 aliphatic heterocycles. The van der Waals surface area contributed by atoms with Gasteiger partial charge in [0.15, 0.2) is 9.84 Å². The number of halogens is 1. The summed E-state index contributed by atoms with van der Waals surface area (Å²) in [5, 5.41) is 0.799. The first-order valence-corrected chi connectivity index (χ1v) is 9.07. The molecule has 2 rings (SSSR count). The number of benzene rings is 1. The van der Waals surface area contributed by atoms with Crippen molar-refractivity contribution in [3.8, 4) is 0 Å². The lowest BCUT2D eigenvalue weighted by atomic mass is 10.1.